The van der Waals surface area contributed by atoms with Gasteiger partial charge in [0.2, 0.25) is 0 Å². The summed E-state index contributed by atoms with van der Waals surface area (Å²) in [5, 5.41) is 10.5. The Morgan fingerprint density at radius 3 is 2.33 bits per heavy atom. The Morgan fingerprint density at radius 1 is 1.33 bits per heavy atom. The van der Waals surface area contributed by atoms with E-state index < -0.39 is 5.97 Å². The van der Waals surface area contributed by atoms with Gasteiger partial charge in [0.25, 0.3) is 0 Å². The number of rotatable bonds is 1. The van der Waals surface area contributed by atoms with E-state index in [-0.39, 0.29) is 11.3 Å². The van der Waals surface area contributed by atoms with Crippen molar-refractivity contribution in [2.75, 3.05) is 5.73 Å². The lowest BCUT2D eigenvalue weighted by atomic mass is 10.0. The van der Waals surface area contributed by atoms with Crippen molar-refractivity contribution in [1.29, 1.82) is 0 Å². The number of carboxylic acid groups (broad SMARTS) is 1. The van der Waals surface area contributed by atoms with Crippen LogP contribution in [0.25, 0.3) is 0 Å². The highest BCUT2D eigenvalue weighted by Gasteiger charge is 2.02. The van der Waals surface area contributed by atoms with Crippen LogP contribution in [0, 0.1) is 13.8 Å². The van der Waals surface area contributed by atoms with Crippen molar-refractivity contribution < 1.29 is 9.90 Å². The highest BCUT2D eigenvalue weighted by Crippen LogP contribution is 2.16. The van der Waals surface area contributed by atoms with Gasteiger partial charge >= 0.3 is 0 Å². The van der Waals surface area contributed by atoms with E-state index in [9.17, 15) is 9.90 Å². The molecule has 0 aliphatic carbocycles. The topological polar surface area (TPSA) is 66.2 Å². The van der Waals surface area contributed by atoms with Crippen molar-refractivity contribution in [2.24, 2.45) is 0 Å². The second-order valence-electron chi connectivity index (χ2n) is 2.81. The number of hydrogen-bond donors (Lipinski definition) is 1. The average molecular weight is 164 g/mol. The van der Waals surface area contributed by atoms with Gasteiger partial charge in [-0.25, -0.2) is 0 Å². The molecule has 0 spiro atoms. The number of aromatic carboxylic acids is 1. The number of carbonyl (C=O) groups excluding carboxylic acids is 1. The fourth-order valence-electron chi connectivity index (χ4n) is 1.02. The van der Waals surface area contributed by atoms with E-state index in [0.29, 0.717) is 0 Å². The monoisotopic (exact) mass is 164 g/mol. The van der Waals surface area contributed by atoms with E-state index in [1.807, 2.05) is 13.8 Å². The standard InChI is InChI=1S/C9H11NO2/c1-5-3-7(9(11)12)8(10)4-6(5)2/h3-4H,10H2,1-2H3,(H,11,12)/p-1. The summed E-state index contributed by atoms with van der Waals surface area (Å²) in [5.41, 5.74) is 7.69. The summed E-state index contributed by atoms with van der Waals surface area (Å²) in [7, 11) is 0. The van der Waals surface area contributed by atoms with Crippen molar-refractivity contribution in [3.05, 3.63) is 28.8 Å². The molecular weight excluding hydrogens is 154 g/mol. The van der Waals surface area contributed by atoms with E-state index in [0.717, 1.165) is 11.1 Å². The molecule has 0 heterocycles. The first-order valence-corrected chi connectivity index (χ1v) is 3.60. The Morgan fingerprint density at radius 2 is 1.83 bits per heavy atom. The largest absolute Gasteiger partial charge is 0.545 e. The molecule has 0 fully saturated rings. The minimum atomic E-state index is -1.23. The number of anilines is 1. The summed E-state index contributed by atoms with van der Waals surface area (Å²) < 4.78 is 0. The first kappa shape index (κ1) is 8.59. The fourth-order valence-corrected chi connectivity index (χ4v) is 1.02. The van der Waals surface area contributed by atoms with Gasteiger partial charge < -0.3 is 15.6 Å². The van der Waals surface area contributed by atoms with Gasteiger partial charge in [-0.15, -0.1) is 0 Å². The molecule has 0 saturated heterocycles. The summed E-state index contributed by atoms with van der Waals surface area (Å²) in [6.07, 6.45) is 0. The molecule has 0 aliphatic heterocycles. The summed E-state index contributed by atoms with van der Waals surface area (Å²) >= 11 is 0. The molecule has 3 nitrogen and oxygen atoms in total. The normalized spacial score (nSPS) is 9.83. The quantitative estimate of drug-likeness (QED) is 0.605. The molecule has 0 unspecified atom stereocenters. The lowest BCUT2D eigenvalue weighted by molar-refractivity contribution is -0.254. The molecule has 2 N–H and O–H groups in total. The number of nitrogens with two attached hydrogens (primary N) is 1. The summed E-state index contributed by atoms with van der Waals surface area (Å²) in [6.45, 7) is 3.71. The molecule has 0 saturated carbocycles. The average Bonchev–Trinajstić information content (AvgIpc) is 1.96. The minimum Gasteiger partial charge on any atom is -0.545 e. The SMILES string of the molecule is Cc1cc(N)c(C(=O)[O-])cc1C. The van der Waals surface area contributed by atoms with Gasteiger partial charge in [-0.3, -0.25) is 0 Å². The summed E-state index contributed by atoms with van der Waals surface area (Å²) in [4.78, 5) is 10.5. The third-order valence-corrected chi connectivity index (χ3v) is 1.89. The molecule has 64 valence electrons. The second-order valence-corrected chi connectivity index (χ2v) is 2.81. The molecule has 0 atom stereocenters. The van der Waals surface area contributed by atoms with Crippen LogP contribution < -0.4 is 10.8 Å². The van der Waals surface area contributed by atoms with Crippen molar-refractivity contribution in [2.45, 2.75) is 13.8 Å². The number of carboxylic acids is 1. The number of carbonyl (C=O) groups is 1. The molecule has 12 heavy (non-hydrogen) atoms. The lowest BCUT2D eigenvalue weighted by Crippen LogP contribution is -2.23. The van der Waals surface area contributed by atoms with Crippen molar-refractivity contribution in [3.8, 4) is 0 Å². The second kappa shape index (κ2) is 2.85. The van der Waals surface area contributed by atoms with Crippen LogP contribution in [0.5, 0.6) is 0 Å². The molecule has 3 heteroatoms. The zero-order valence-corrected chi connectivity index (χ0v) is 7.05. The molecular formula is C9H10NO2-. The predicted octanol–water partition coefficient (Wildman–Crippen LogP) is 0.249. The number of hydrogen-bond acceptors (Lipinski definition) is 3. The van der Waals surface area contributed by atoms with E-state index >= 15 is 0 Å². The molecule has 1 aromatic rings. The van der Waals surface area contributed by atoms with Gasteiger partial charge in [0.05, 0.1) is 5.97 Å². The maximum Gasteiger partial charge on any atom is 0.0736 e. The van der Waals surface area contributed by atoms with Crippen LogP contribution in [-0.2, 0) is 0 Å². The molecule has 0 amide bonds. The Balaban J connectivity index is 3.33. The Kier molecular flexibility index (Phi) is 2.04. The number of benzene rings is 1. The van der Waals surface area contributed by atoms with Gasteiger partial charge in [0.15, 0.2) is 0 Å². The maximum atomic E-state index is 10.5. The van der Waals surface area contributed by atoms with Crippen LogP contribution in [0.15, 0.2) is 12.1 Å². The van der Waals surface area contributed by atoms with E-state index in [2.05, 4.69) is 0 Å². The van der Waals surface area contributed by atoms with E-state index in [1.54, 1.807) is 6.07 Å². The van der Waals surface area contributed by atoms with Crippen molar-refractivity contribution in [3.63, 3.8) is 0 Å². The van der Waals surface area contributed by atoms with Gasteiger partial charge in [0.1, 0.15) is 0 Å². The molecule has 0 aromatic heterocycles. The smallest absolute Gasteiger partial charge is 0.0736 e. The maximum absolute atomic E-state index is 10.5. The zero-order chi connectivity index (χ0) is 9.30. The minimum absolute atomic E-state index is 0.0677. The van der Waals surface area contributed by atoms with Gasteiger partial charge in [-0.1, -0.05) is 0 Å². The predicted molar refractivity (Wildman–Crippen MR) is 44.7 cm³/mol. The van der Waals surface area contributed by atoms with Crippen LogP contribution in [0.1, 0.15) is 21.5 Å². The molecule has 1 aromatic carbocycles. The number of nitrogen functional groups attached to an aromatic ring is 1. The van der Waals surface area contributed by atoms with Crippen LogP contribution in [0.3, 0.4) is 0 Å². The first-order valence-electron chi connectivity index (χ1n) is 3.60. The van der Waals surface area contributed by atoms with E-state index in [4.69, 9.17) is 5.73 Å². The van der Waals surface area contributed by atoms with Gasteiger partial charge in [-0.05, 0) is 37.1 Å². The van der Waals surface area contributed by atoms with Gasteiger partial charge in [-0.2, -0.15) is 0 Å². The molecule has 0 radical (unpaired) electrons. The van der Waals surface area contributed by atoms with Crippen molar-refractivity contribution in [1.82, 2.24) is 0 Å². The first-order chi connectivity index (χ1) is 5.52. The van der Waals surface area contributed by atoms with Crippen LogP contribution in [0.2, 0.25) is 0 Å². The van der Waals surface area contributed by atoms with Crippen LogP contribution in [-0.4, -0.2) is 5.97 Å². The molecule has 0 bridgehead atoms. The Hall–Kier alpha value is -1.51. The van der Waals surface area contributed by atoms with Gasteiger partial charge in [0, 0.05) is 11.3 Å². The summed E-state index contributed by atoms with van der Waals surface area (Å²) in [5.74, 6) is -1.23. The molecule has 0 aliphatic rings. The number of aryl methyl sites for hydroxylation is 2. The van der Waals surface area contributed by atoms with Crippen molar-refractivity contribution >= 4 is 11.7 Å². The third kappa shape index (κ3) is 1.39. The van der Waals surface area contributed by atoms with Crippen LogP contribution >= 0.6 is 0 Å². The highest BCUT2D eigenvalue weighted by atomic mass is 16.4. The third-order valence-electron chi connectivity index (χ3n) is 1.89. The Labute approximate surface area is 70.8 Å². The molecule has 1 rings (SSSR count). The zero-order valence-electron chi connectivity index (χ0n) is 7.05. The fraction of sp³-hybridized carbons (Fsp3) is 0.222. The highest BCUT2D eigenvalue weighted by molar-refractivity contribution is 5.92. The van der Waals surface area contributed by atoms with Crippen LogP contribution in [0.4, 0.5) is 5.69 Å². The Bertz CT molecular complexity index is 332. The van der Waals surface area contributed by atoms with E-state index in [1.165, 1.54) is 6.07 Å². The lowest BCUT2D eigenvalue weighted by Gasteiger charge is -2.09. The summed E-state index contributed by atoms with van der Waals surface area (Å²) in [6, 6.07) is 3.17.